The molecule has 2 rings (SSSR count). The minimum atomic E-state index is -0.652. The Hall–Kier alpha value is -1.96. The van der Waals surface area contributed by atoms with E-state index in [1.54, 1.807) is 6.07 Å². The molecule has 8 heteroatoms. The molecule has 0 saturated heterocycles. The second-order valence-corrected chi connectivity index (χ2v) is 4.08. The van der Waals surface area contributed by atoms with E-state index in [1.807, 2.05) is 0 Å². The Labute approximate surface area is 103 Å². The van der Waals surface area contributed by atoms with Crippen LogP contribution < -0.4 is 0 Å². The van der Waals surface area contributed by atoms with Crippen molar-refractivity contribution in [1.29, 1.82) is 0 Å². The Morgan fingerprint density at radius 3 is 2.88 bits per heavy atom. The zero-order chi connectivity index (χ0) is 12.6. The average molecular weight is 300 g/mol. The summed E-state index contributed by atoms with van der Waals surface area (Å²) in [4.78, 5) is 21.7. The highest BCUT2D eigenvalue weighted by molar-refractivity contribution is 9.10. The molecule has 0 amide bonds. The smallest absolute Gasteiger partial charge is 0.351 e. The Balaban J connectivity index is 2.83. The van der Waals surface area contributed by atoms with Gasteiger partial charge in [0.1, 0.15) is 10.9 Å². The van der Waals surface area contributed by atoms with E-state index in [1.165, 1.54) is 13.2 Å². The fraction of sp³-hybridized carbons (Fsp3) is 0.111. The van der Waals surface area contributed by atoms with Crippen LogP contribution in [0.2, 0.25) is 0 Å². The Kier molecular flexibility index (Phi) is 2.80. The van der Waals surface area contributed by atoms with E-state index in [9.17, 15) is 14.9 Å². The first-order valence-electron chi connectivity index (χ1n) is 4.45. The van der Waals surface area contributed by atoms with Crippen molar-refractivity contribution >= 4 is 38.6 Å². The number of esters is 1. The van der Waals surface area contributed by atoms with Crippen molar-refractivity contribution in [3.05, 3.63) is 32.3 Å². The minimum Gasteiger partial charge on any atom is -0.465 e. The van der Waals surface area contributed by atoms with Gasteiger partial charge >= 0.3 is 11.8 Å². The van der Waals surface area contributed by atoms with Crippen molar-refractivity contribution in [2.75, 3.05) is 7.11 Å². The number of benzene rings is 1. The van der Waals surface area contributed by atoms with Gasteiger partial charge in [-0.1, -0.05) is 21.0 Å². The van der Waals surface area contributed by atoms with Gasteiger partial charge in [0.2, 0.25) is 0 Å². The minimum absolute atomic E-state index is 0.0947. The number of ether oxygens (including phenoxy) is 1. The van der Waals surface area contributed by atoms with Crippen molar-refractivity contribution in [1.82, 2.24) is 10.2 Å². The van der Waals surface area contributed by atoms with Crippen LogP contribution in [0.15, 0.2) is 16.6 Å². The fourth-order valence-electron chi connectivity index (χ4n) is 1.50. The van der Waals surface area contributed by atoms with E-state index in [0.717, 1.165) is 0 Å². The summed E-state index contributed by atoms with van der Waals surface area (Å²) in [6.45, 7) is 0. The lowest BCUT2D eigenvalue weighted by Gasteiger charge is -2.01. The van der Waals surface area contributed by atoms with Crippen LogP contribution in [0.3, 0.4) is 0 Å². The number of nitrogens with zero attached hydrogens (tertiary/aromatic N) is 2. The van der Waals surface area contributed by atoms with Gasteiger partial charge in [-0.15, -0.1) is 5.10 Å². The monoisotopic (exact) mass is 299 g/mol. The Morgan fingerprint density at radius 2 is 2.29 bits per heavy atom. The van der Waals surface area contributed by atoms with E-state index in [0.29, 0.717) is 9.99 Å². The molecule has 0 unspecified atom stereocenters. The van der Waals surface area contributed by atoms with Crippen molar-refractivity contribution in [2.24, 2.45) is 0 Å². The molecule has 0 spiro atoms. The molecule has 1 heterocycles. The number of rotatable bonds is 2. The summed E-state index contributed by atoms with van der Waals surface area (Å²) in [6.07, 6.45) is 0. The first kappa shape index (κ1) is 11.5. The summed E-state index contributed by atoms with van der Waals surface area (Å²) < 4.78 is 5.17. The van der Waals surface area contributed by atoms with E-state index >= 15 is 0 Å². The van der Waals surface area contributed by atoms with Crippen molar-refractivity contribution < 1.29 is 14.5 Å². The molecule has 0 aliphatic carbocycles. The summed E-state index contributed by atoms with van der Waals surface area (Å²) in [5.41, 5.74) is 0.420. The molecule has 0 bridgehead atoms. The van der Waals surface area contributed by atoms with Gasteiger partial charge in [-0.3, -0.25) is 0 Å². The molecule has 88 valence electrons. The zero-order valence-electron chi connectivity index (χ0n) is 8.56. The quantitative estimate of drug-likeness (QED) is 0.519. The predicted molar refractivity (Wildman–Crippen MR) is 61.8 cm³/mol. The first-order chi connectivity index (χ1) is 8.04. The van der Waals surface area contributed by atoms with E-state index < -0.39 is 10.9 Å². The Morgan fingerprint density at radius 1 is 1.59 bits per heavy atom. The number of fused-ring (bicyclic) bond motifs is 1. The standard InChI is InChI=1S/C9H6BrN3O4/c1-17-9(14)5-2-4(10)3-6-7(5)8(12-11-6)13(15)16/h2-3H,1H3,(H,11,12). The van der Waals surface area contributed by atoms with E-state index in [2.05, 4.69) is 30.9 Å². The zero-order valence-corrected chi connectivity index (χ0v) is 10.1. The molecular formula is C9H6BrN3O4. The molecule has 1 aromatic heterocycles. The van der Waals surface area contributed by atoms with Crippen molar-refractivity contribution in [2.45, 2.75) is 0 Å². The molecule has 0 aliphatic heterocycles. The van der Waals surface area contributed by atoms with Crippen LogP contribution in [0.4, 0.5) is 5.82 Å². The van der Waals surface area contributed by atoms with Crippen molar-refractivity contribution in [3.63, 3.8) is 0 Å². The maximum absolute atomic E-state index is 11.5. The van der Waals surface area contributed by atoms with Gasteiger partial charge < -0.3 is 14.9 Å². The van der Waals surface area contributed by atoms with E-state index in [4.69, 9.17) is 0 Å². The molecule has 0 fully saturated rings. The molecule has 0 aliphatic rings. The highest BCUT2D eigenvalue weighted by Gasteiger charge is 2.23. The third-order valence-corrected chi connectivity index (χ3v) is 2.65. The van der Waals surface area contributed by atoms with Crippen LogP contribution in [0.25, 0.3) is 10.9 Å². The van der Waals surface area contributed by atoms with E-state index in [-0.39, 0.29) is 16.8 Å². The summed E-state index contributed by atoms with van der Waals surface area (Å²) >= 11 is 3.20. The molecular weight excluding hydrogens is 294 g/mol. The number of nitro groups is 1. The maximum atomic E-state index is 11.5. The highest BCUT2D eigenvalue weighted by Crippen LogP contribution is 2.30. The van der Waals surface area contributed by atoms with Crippen LogP contribution >= 0.6 is 15.9 Å². The summed E-state index contributed by atoms with van der Waals surface area (Å²) in [5, 5.41) is 17.0. The number of carbonyl (C=O) groups excluding carboxylic acids is 1. The summed E-state index contributed by atoms with van der Waals surface area (Å²) in [7, 11) is 1.21. The normalized spacial score (nSPS) is 10.5. The number of carbonyl (C=O) groups is 1. The van der Waals surface area contributed by atoms with Gasteiger partial charge in [-0.25, -0.2) is 4.79 Å². The van der Waals surface area contributed by atoms with Crippen LogP contribution in [-0.4, -0.2) is 28.2 Å². The second kappa shape index (κ2) is 4.13. The first-order valence-corrected chi connectivity index (χ1v) is 5.24. The van der Waals surface area contributed by atoms with Crippen LogP contribution in [0, 0.1) is 10.1 Å². The Bertz CT molecular complexity index is 622. The lowest BCUT2D eigenvalue weighted by atomic mass is 10.1. The summed E-state index contributed by atoms with van der Waals surface area (Å²) in [5.74, 6) is -0.978. The molecule has 17 heavy (non-hydrogen) atoms. The third kappa shape index (κ3) is 1.86. The van der Waals surface area contributed by atoms with Crippen LogP contribution in [-0.2, 0) is 4.74 Å². The maximum Gasteiger partial charge on any atom is 0.351 e. The highest BCUT2D eigenvalue weighted by atomic mass is 79.9. The topological polar surface area (TPSA) is 98.1 Å². The number of aromatic amines is 1. The molecule has 0 atom stereocenters. The lowest BCUT2D eigenvalue weighted by molar-refractivity contribution is -0.387. The molecule has 1 aromatic carbocycles. The number of nitrogens with one attached hydrogen (secondary N) is 1. The second-order valence-electron chi connectivity index (χ2n) is 3.17. The molecule has 0 radical (unpaired) electrons. The fourth-order valence-corrected chi connectivity index (χ4v) is 1.95. The van der Waals surface area contributed by atoms with Crippen LogP contribution in [0.5, 0.6) is 0 Å². The van der Waals surface area contributed by atoms with Crippen LogP contribution in [0.1, 0.15) is 10.4 Å². The van der Waals surface area contributed by atoms with Crippen molar-refractivity contribution in [3.8, 4) is 0 Å². The molecule has 1 N–H and O–H groups in total. The predicted octanol–water partition coefficient (Wildman–Crippen LogP) is 2.02. The van der Waals surface area contributed by atoms with Gasteiger partial charge in [0.25, 0.3) is 0 Å². The third-order valence-electron chi connectivity index (χ3n) is 2.19. The molecule has 2 aromatic rings. The SMILES string of the molecule is COC(=O)c1cc(Br)cc2n[nH]c([N+](=O)[O-])c12. The van der Waals surface area contributed by atoms with Gasteiger partial charge in [-0.05, 0) is 17.1 Å². The number of methoxy groups -OCH3 is 1. The average Bonchev–Trinajstić information content (AvgIpc) is 2.70. The number of hydrogen-bond acceptors (Lipinski definition) is 5. The summed E-state index contributed by atoms with van der Waals surface area (Å²) in [6, 6.07) is 3.03. The molecule has 7 nitrogen and oxygen atoms in total. The van der Waals surface area contributed by atoms with Gasteiger partial charge in [-0.2, -0.15) is 0 Å². The molecule has 0 saturated carbocycles. The largest absolute Gasteiger partial charge is 0.465 e. The number of H-pyrrole nitrogens is 1. The van der Waals surface area contributed by atoms with Gasteiger partial charge in [0, 0.05) is 4.47 Å². The number of halogens is 1. The number of aromatic nitrogens is 2. The number of hydrogen-bond donors (Lipinski definition) is 1. The van der Waals surface area contributed by atoms with Gasteiger partial charge in [0.15, 0.2) is 0 Å². The van der Waals surface area contributed by atoms with Gasteiger partial charge in [0.05, 0.1) is 12.7 Å². The lowest BCUT2D eigenvalue weighted by Crippen LogP contribution is -2.02.